The summed E-state index contributed by atoms with van der Waals surface area (Å²) in [5.41, 5.74) is 7.76. The standard InChI is InChI=1S/C26H31N5O6S/c1-30(24(34)18(27)15-32)23-25(35)31(14-21(33)28-19(26(36)37)12-13-38-2)20-11-7-6-10-17(20)22(29-23)16-8-4-3-5-9-16/h3-11,18-19,23,32H,12-15,27H2,1-2H3,(H,28,33)(H,36,37)/t18?,19-,23?/m0/s1. The lowest BCUT2D eigenvalue weighted by Crippen LogP contribution is -2.55. The van der Waals surface area contributed by atoms with Crippen molar-refractivity contribution in [3.63, 3.8) is 0 Å². The van der Waals surface area contributed by atoms with Gasteiger partial charge in [0.2, 0.25) is 18.0 Å². The van der Waals surface area contributed by atoms with E-state index in [-0.39, 0.29) is 6.42 Å². The van der Waals surface area contributed by atoms with Crippen molar-refractivity contribution in [2.75, 3.05) is 37.1 Å². The predicted molar refractivity (Wildman–Crippen MR) is 145 cm³/mol. The summed E-state index contributed by atoms with van der Waals surface area (Å²) in [5.74, 6) is -2.72. The lowest BCUT2D eigenvalue weighted by atomic mass is 10.0. The average molecular weight is 542 g/mol. The molecule has 2 unspecified atom stereocenters. The Balaban J connectivity index is 2.07. The third-order valence-electron chi connectivity index (χ3n) is 6.01. The number of para-hydroxylation sites is 1. The number of carbonyl (C=O) groups is 4. The molecule has 0 spiro atoms. The number of anilines is 1. The molecule has 11 nitrogen and oxygen atoms in total. The molecule has 0 saturated heterocycles. The lowest BCUT2D eigenvalue weighted by Gasteiger charge is -2.30. The highest BCUT2D eigenvalue weighted by atomic mass is 32.2. The van der Waals surface area contributed by atoms with Gasteiger partial charge in [-0.15, -0.1) is 0 Å². The zero-order valence-electron chi connectivity index (χ0n) is 21.1. The van der Waals surface area contributed by atoms with Crippen molar-refractivity contribution in [1.29, 1.82) is 0 Å². The van der Waals surface area contributed by atoms with E-state index >= 15 is 0 Å². The smallest absolute Gasteiger partial charge is 0.326 e. The third-order valence-corrected chi connectivity index (χ3v) is 6.65. The Bertz CT molecular complexity index is 1210. The molecule has 1 aliphatic heterocycles. The molecule has 0 bridgehead atoms. The number of amides is 3. The summed E-state index contributed by atoms with van der Waals surface area (Å²) in [5, 5.41) is 21.4. The van der Waals surface area contributed by atoms with Gasteiger partial charge < -0.3 is 26.2 Å². The van der Waals surface area contributed by atoms with Gasteiger partial charge in [0.25, 0.3) is 5.91 Å². The molecule has 2 aromatic carbocycles. The molecule has 3 rings (SSSR count). The number of aliphatic hydroxyl groups excluding tert-OH is 1. The van der Waals surface area contributed by atoms with Crippen LogP contribution in [-0.2, 0) is 19.2 Å². The first-order valence-corrected chi connectivity index (χ1v) is 13.3. The minimum atomic E-state index is -1.40. The van der Waals surface area contributed by atoms with Crippen LogP contribution in [0.3, 0.4) is 0 Å². The van der Waals surface area contributed by atoms with Crippen molar-refractivity contribution in [1.82, 2.24) is 10.2 Å². The number of hydrogen-bond acceptors (Lipinski definition) is 8. The summed E-state index contributed by atoms with van der Waals surface area (Å²) in [6.45, 7) is -1.13. The van der Waals surface area contributed by atoms with Gasteiger partial charge in [-0.3, -0.25) is 19.3 Å². The number of carboxylic acids is 1. The number of fused-ring (bicyclic) bond motifs is 1. The first-order valence-electron chi connectivity index (χ1n) is 11.9. The van der Waals surface area contributed by atoms with E-state index in [2.05, 4.69) is 10.3 Å². The van der Waals surface area contributed by atoms with Crippen molar-refractivity contribution in [2.24, 2.45) is 10.7 Å². The molecule has 0 aromatic heterocycles. The number of likely N-dealkylation sites (N-methyl/N-ethyl adjacent to an activating group) is 1. The minimum absolute atomic E-state index is 0.215. The van der Waals surface area contributed by atoms with Gasteiger partial charge in [-0.2, -0.15) is 11.8 Å². The fraction of sp³-hybridized carbons (Fsp3) is 0.346. The van der Waals surface area contributed by atoms with Crippen LogP contribution in [0.15, 0.2) is 59.6 Å². The molecule has 1 heterocycles. The minimum Gasteiger partial charge on any atom is -0.480 e. The average Bonchev–Trinajstić information content (AvgIpc) is 3.04. The number of aliphatic carboxylic acids is 1. The van der Waals surface area contributed by atoms with Crippen molar-refractivity contribution in [3.8, 4) is 0 Å². The monoisotopic (exact) mass is 541 g/mol. The molecule has 2 aromatic rings. The van der Waals surface area contributed by atoms with E-state index in [0.717, 1.165) is 4.90 Å². The van der Waals surface area contributed by atoms with Gasteiger partial charge in [-0.05, 0) is 24.5 Å². The van der Waals surface area contributed by atoms with E-state index < -0.39 is 55.1 Å². The summed E-state index contributed by atoms with van der Waals surface area (Å²) >= 11 is 1.45. The van der Waals surface area contributed by atoms with Gasteiger partial charge in [-0.25, -0.2) is 9.79 Å². The highest BCUT2D eigenvalue weighted by Gasteiger charge is 2.38. The number of thioether (sulfide) groups is 1. The lowest BCUT2D eigenvalue weighted by molar-refractivity contribution is -0.142. The van der Waals surface area contributed by atoms with Crippen molar-refractivity contribution >= 4 is 46.9 Å². The highest BCUT2D eigenvalue weighted by molar-refractivity contribution is 7.98. The molecule has 0 radical (unpaired) electrons. The number of rotatable bonds is 11. The Labute approximate surface area is 224 Å². The Hall–Kier alpha value is -3.74. The number of benzene rings is 2. The van der Waals surface area contributed by atoms with Gasteiger partial charge in [-0.1, -0.05) is 48.5 Å². The number of nitrogens with two attached hydrogens (primary N) is 1. The number of benzodiazepines with no additional fused rings is 1. The summed E-state index contributed by atoms with van der Waals surface area (Å²) in [6, 6.07) is 13.6. The van der Waals surface area contributed by atoms with Gasteiger partial charge >= 0.3 is 5.97 Å². The molecule has 3 amide bonds. The van der Waals surface area contributed by atoms with Gasteiger partial charge in [0.1, 0.15) is 18.6 Å². The maximum atomic E-state index is 13.9. The zero-order chi connectivity index (χ0) is 27.8. The predicted octanol–water partition coefficient (Wildman–Crippen LogP) is 0.297. The van der Waals surface area contributed by atoms with Crippen LogP contribution < -0.4 is 16.0 Å². The number of aliphatic hydroxyl groups is 1. The molecule has 5 N–H and O–H groups in total. The first kappa shape index (κ1) is 28.8. The maximum Gasteiger partial charge on any atom is 0.326 e. The van der Waals surface area contributed by atoms with E-state index in [1.165, 1.54) is 23.7 Å². The molecular formula is C26H31N5O6S. The van der Waals surface area contributed by atoms with Crippen LogP contribution >= 0.6 is 11.8 Å². The van der Waals surface area contributed by atoms with E-state index in [9.17, 15) is 29.4 Å². The van der Waals surface area contributed by atoms with Gasteiger partial charge in [0.15, 0.2) is 0 Å². The molecule has 0 aliphatic carbocycles. The van der Waals surface area contributed by atoms with Crippen LogP contribution in [0.25, 0.3) is 0 Å². The van der Waals surface area contributed by atoms with Gasteiger partial charge in [0, 0.05) is 18.2 Å². The molecule has 0 saturated carbocycles. The molecular weight excluding hydrogens is 510 g/mol. The molecule has 0 fully saturated rings. The Kier molecular flexibility index (Phi) is 9.99. The van der Waals surface area contributed by atoms with E-state index in [1.807, 2.05) is 36.6 Å². The Morgan fingerprint density at radius 1 is 1.16 bits per heavy atom. The molecule has 38 heavy (non-hydrogen) atoms. The van der Waals surface area contributed by atoms with E-state index in [1.54, 1.807) is 24.3 Å². The van der Waals surface area contributed by atoms with E-state index in [4.69, 9.17) is 5.73 Å². The quantitative estimate of drug-likeness (QED) is 0.315. The normalized spacial score (nSPS) is 16.5. The molecule has 3 atom stereocenters. The van der Waals surface area contributed by atoms with Crippen LogP contribution in [-0.4, -0.2) is 95.0 Å². The second-order valence-electron chi connectivity index (χ2n) is 8.64. The van der Waals surface area contributed by atoms with E-state index in [0.29, 0.717) is 28.3 Å². The Morgan fingerprint density at radius 3 is 2.45 bits per heavy atom. The summed E-state index contributed by atoms with van der Waals surface area (Å²) in [4.78, 5) is 58.3. The topological polar surface area (TPSA) is 166 Å². The second-order valence-corrected chi connectivity index (χ2v) is 9.62. The number of aliphatic imine (C=N–C) groups is 1. The maximum absolute atomic E-state index is 13.9. The SMILES string of the molecule is CSCC[C@H](NC(=O)CN1C(=O)C(N(C)C(=O)C(N)CO)N=C(c2ccccc2)c2ccccc21)C(=O)O. The van der Waals surface area contributed by atoms with Crippen molar-refractivity contribution in [2.45, 2.75) is 24.7 Å². The molecule has 1 aliphatic rings. The molecule has 12 heteroatoms. The third kappa shape index (κ3) is 6.57. The van der Waals surface area contributed by atoms with Gasteiger partial charge in [0.05, 0.1) is 18.0 Å². The summed E-state index contributed by atoms with van der Waals surface area (Å²) in [6.07, 6.45) is 0.646. The molecule has 202 valence electrons. The van der Waals surface area contributed by atoms with Crippen molar-refractivity contribution in [3.05, 3.63) is 65.7 Å². The first-order chi connectivity index (χ1) is 18.2. The van der Waals surface area contributed by atoms with Crippen LogP contribution in [0.4, 0.5) is 5.69 Å². The fourth-order valence-electron chi connectivity index (χ4n) is 3.99. The number of carboxylic acid groups (broad SMARTS) is 1. The van der Waals surface area contributed by atoms with Crippen molar-refractivity contribution < 1.29 is 29.4 Å². The van der Waals surface area contributed by atoms with Crippen LogP contribution in [0.5, 0.6) is 0 Å². The second kappa shape index (κ2) is 13.2. The highest BCUT2D eigenvalue weighted by Crippen LogP contribution is 2.29. The number of hydrogen-bond donors (Lipinski definition) is 4. The largest absolute Gasteiger partial charge is 0.480 e. The van der Waals surface area contributed by atoms with Crippen LogP contribution in [0.2, 0.25) is 0 Å². The summed E-state index contributed by atoms with van der Waals surface area (Å²) < 4.78 is 0. The summed E-state index contributed by atoms with van der Waals surface area (Å²) in [7, 11) is 1.35. The number of carbonyl (C=O) groups excluding carboxylic acids is 3. The number of nitrogens with zero attached hydrogens (tertiary/aromatic N) is 3. The zero-order valence-corrected chi connectivity index (χ0v) is 21.9. The van der Waals surface area contributed by atoms with Crippen LogP contribution in [0, 0.1) is 0 Å². The Morgan fingerprint density at radius 2 is 1.82 bits per heavy atom. The number of nitrogens with one attached hydrogen (secondary N) is 1. The van der Waals surface area contributed by atoms with Crippen LogP contribution in [0.1, 0.15) is 17.5 Å². The fourth-order valence-corrected chi connectivity index (χ4v) is 4.46.